The lowest BCUT2D eigenvalue weighted by Crippen LogP contribution is -2.13. The summed E-state index contributed by atoms with van der Waals surface area (Å²) in [5, 5.41) is 15.6. The van der Waals surface area contributed by atoms with E-state index in [2.05, 4.69) is 10.4 Å². The van der Waals surface area contributed by atoms with Gasteiger partial charge < -0.3 is 10.1 Å². The van der Waals surface area contributed by atoms with Crippen molar-refractivity contribution in [2.24, 2.45) is 7.05 Å². The van der Waals surface area contributed by atoms with Crippen LogP contribution < -0.4 is 10.1 Å². The van der Waals surface area contributed by atoms with E-state index >= 15 is 0 Å². The molecule has 6 heteroatoms. The second-order valence-electron chi connectivity index (χ2n) is 4.32. The first-order chi connectivity index (χ1) is 9.55. The molecule has 0 spiro atoms. The number of hydrogen-bond acceptors (Lipinski definition) is 4. The van der Waals surface area contributed by atoms with E-state index < -0.39 is 0 Å². The van der Waals surface area contributed by atoms with Crippen LogP contribution in [0.25, 0.3) is 0 Å². The Kier molecular flexibility index (Phi) is 3.71. The van der Waals surface area contributed by atoms with Crippen LogP contribution in [-0.4, -0.2) is 22.8 Å². The van der Waals surface area contributed by atoms with Crippen LogP contribution in [0, 0.1) is 18.3 Å². The predicted molar refractivity (Wildman–Crippen MR) is 73.6 cm³/mol. The molecule has 0 fully saturated rings. The van der Waals surface area contributed by atoms with Crippen molar-refractivity contribution < 1.29 is 9.53 Å². The third-order valence-electron chi connectivity index (χ3n) is 2.85. The number of aryl methyl sites for hydroxylation is 2. The van der Waals surface area contributed by atoms with Crippen LogP contribution in [-0.2, 0) is 7.05 Å². The number of ether oxygens (including phenoxy) is 1. The van der Waals surface area contributed by atoms with Crippen LogP contribution in [0.5, 0.6) is 5.75 Å². The summed E-state index contributed by atoms with van der Waals surface area (Å²) in [4.78, 5) is 12.1. The Morgan fingerprint density at radius 2 is 2.25 bits per heavy atom. The Bertz CT molecular complexity index is 698. The molecule has 2 rings (SSSR count). The highest BCUT2D eigenvalue weighted by Crippen LogP contribution is 2.20. The molecule has 1 N–H and O–H groups in total. The fourth-order valence-electron chi connectivity index (χ4n) is 1.80. The van der Waals surface area contributed by atoms with Crippen molar-refractivity contribution in [1.82, 2.24) is 9.78 Å². The van der Waals surface area contributed by atoms with E-state index in [1.54, 1.807) is 38.6 Å². The van der Waals surface area contributed by atoms with Gasteiger partial charge in [-0.2, -0.15) is 10.4 Å². The quantitative estimate of drug-likeness (QED) is 0.923. The van der Waals surface area contributed by atoms with Gasteiger partial charge in [0.05, 0.1) is 7.11 Å². The molecule has 0 unspecified atom stereocenters. The monoisotopic (exact) mass is 270 g/mol. The van der Waals surface area contributed by atoms with Crippen molar-refractivity contribution in [2.75, 3.05) is 12.4 Å². The number of amides is 1. The molecule has 1 aromatic carbocycles. The summed E-state index contributed by atoms with van der Waals surface area (Å²) in [5.41, 5.74) is 1.71. The summed E-state index contributed by atoms with van der Waals surface area (Å²) in [6, 6.07) is 7.13. The van der Waals surface area contributed by atoms with Gasteiger partial charge in [-0.05, 0) is 24.6 Å². The highest BCUT2D eigenvalue weighted by atomic mass is 16.5. The van der Waals surface area contributed by atoms with E-state index in [-0.39, 0.29) is 11.7 Å². The van der Waals surface area contributed by atoms with Gasteiger partial charge in [0.15, 0.2) is 5.82 Å². The lowest BCUT2D eigenvalue weighted by molar-refractivity contribution is 0.102. The number of hydrogen-bond donors (Lipinski definition) is 1. The van der Waals surface area contributed by atoms with Crippen molar-refractivity contribution in [3.05, 3.63) is 41.1 Å². The molecule has 0 aliphatic heterocycles. The number of nitrogens with one attached hydrogen (secondary N) is 1. The smallest absolute Gasteiger partial charge is 0.257 e. The Labute approximate surface area is 116 Å². The van der Waals surface area contributed by atoms with Crippen molar-refractivity contribution in [3.63, 3.8) is 0 Å². The molecule has 0 atom stereocenters. The molecule has 6 nitrogen and oxygen atoms in total. The van der Waals surface area contributed by atoms with Gasteiger partial charge in [-0.3, -0.25) is 9.48 Å². The maximum atomic E-state index is 12.1. The van der Waals surface area contributed by atoms with Gasteiger partial charge >= 0.3 is 0 Å². The molecule has 1 aromatic heterocycles. The van der Waals surface area contributed by atoms with Crippen molar-refractivity contribution in [3.8, 4) is 11.8 Å². The fraction of sp³-hybridized carbons (Fsp3) is 0.214. The van der Waals surface area contributed by atoms with Crippen LogP contribution in [0.15, 0.2) is 24.4 Å². The second kappa shape index (κ2) is 5.45. The molecule has 0 radical (unpaired) electrons. The maximum Gasteiger partial charge on any atom is 0.257 e. The Morgan fingerprint density at radius 1 is 1.50 bits per heavy atom. The maximum absolute atomic E-state index is 12.1. The zero-order chi connectivity index (χ0) is 14.7. The van der Waals surface area contributed by atoms with Crippen LogP contribution >= 0.6 is 0 Å². The normalized spacial score (nSPS) is 9.90. The summed E-state index contributed by atoms with van der Waals surface area (Å²) in [7, 11) is 3.24. The minimum absolute atomic E-state index is 0.250. The topological polar surface area (TPSA) is 79.9 Å². The minimum Gasteiger partial charge on any atom is -0.496 e. The molecular weight excluding hydrogens is 256 g/mol. The largest absolute Gasteiger partial charge is 0.496 e. The lowest BCUT2D eigenvalue weighted by atomic mass is 10.1. The molecule has 1 heterocycles. The predicted octanol–water partition coefficient (Wildman–Crippen LogP) is 1.86. The summed E-state index contributed by atoms with van der Waals surface area (Å²) in [6.45, 7) is 1.90. The van der Waals surface area contributed by atoms with Crippen LogP contribution in [0.3, 0.4) is 0 Å². The summed E-state index contributed by atoms with van der Waals surface area (Å²) >= 11 is 0. The molecule has 0 bridgehead atoms. The summed E-state index contributed by atoms with van der Waals surface area (Å²) in [5.74, 6) is 0.553. The molecule has 20 heavy (non-hydrogen) atoms. The summed E-state index contributed by atoms with van der Waals surface area (Å²) in [6.07, 6.45) is 1.55. The van der Waals surface area contributed by atoms with Gasteiger partial charge in [0.1, 0.15) is 17.4 Å². The Morgan fingerprint density at radius 3 is 2.90 bits per heavy atom. The van der Waals surface area contributed by atoms with E-state index in [4.69, 9.17) is 10.00 Å². The highest BCUT2D eigenvalue weighted by Gasteiger charge is 2.13. The number of nitrogens with zero attached hydrogens (tertiary/aromatic N) is 3. The Balaban J connectivity index is 2.26. The number of anilines is 1. The lowest BCUT2D eigenvalue weighted by Gasteiger charge is -2.07. The van der Waals surface area contributed by atoms with E-state index in [9.17, 15) is 4.79 Å². The molecule has 0 aliphatic rings. The first-order valence-corrected chi connectivity index (χ1v) is 5.95. The standard InChI is InChI=1S/C14H14N4O2/c1-9-4-5-10(6-12(9)20-3)14(19)16-13-11(7-15)8-18(2)17-13/h4-6,8H,1-3H3,(H,16,17,19). The van der Waals surface area contributed by atoms with Gasteiger partial charge in [0.25, 0.3) is 5.91 Å². The molecule has 2 aromatic rings. The molecule has 0 saturated carbocycles. The number of aromatic nitrogens is 2. The first kappa shape index (κ1) is 13.6. The van der Waals surface area contributed by atoms with Crippen LogP contribution in [0.2, 0.25) is 0 Å². The van der Waals surface area contributed by atoms with E-state index in [1.165, 1.54) is 4.68 Å². The van der Waals surface area contributed by atoms with E-state index in [1.807, 2.05) is 13.0 Å². The van der Waals surface area contributed by atoms with E-state index in [0.717, 1.165) is 5.56 Å². The highest BCUT2D eigenvalue weighted by molar-refractivity contribution is 6.04. The third kappa shape index (κ3) is 2.62. The van der Waals surface area contributed by atoms with Crippen LogP contribution in [0.1, 0.15) is 21.5 Å². The van der Waals surface area contributed by atoms with Crippen molar-refractivity contribution in [1.29, 1.82) is 5.26 Å². The van der Waals surface area contributed by atoms with Crippen molar-refractivity contribution >= 4 is 11.7 Å². The number of nitriles is 1. The molecule has 0 aliphatic carbocycles. The second-order valence-corrected chi connectivity index (χ2v) is 4.32. The summed E-state index contributed by atoms with van der Waals surface area (Å²) < 4.78 is 6.66. The molecule has 102 valence electrons. The van der Waals surface area contributed by atoms with Gasteiger partial charge in [-0.1, -0.05) is 6.07 Å². The minimum atomic E-state index is -0.335. The number of methoxy groups -OCH3 is 1. The average molecular weight is 270 g/mol. The van der Waals surface area contributed by atoms with E-state index in [0.29, 0.717) is 16.9 Å². The fourth-order valence-corrected chi connectivity index (χ4v) is 1.80. The van der Waals surface area contributed by atoms with Gasteiger partial charge in [-0.25, -0.2) is 0 Å². The van der Waals surface area contributed by atoms with Crippen molar-refractivity contribution in [2.45, 2.75) is 6.92 Å². The number of benzene rings is 1. The molecule has 0 saturated heterocycles. The zero-order valence-electron chi connectivity index (χ0n) is 11.5. The number of carbonyl (C=O) groups excluding carboxylic acids is 1. The zero-order valence-corrected chi connectivity index (χ0v) is 11.5. The number of carbonyl (C=O) groups is 1. The molecular formula is C14H14N4O2. The first-order valence-electron chi connectivity index (χ1n) is 5.95. The number of rotatable bonds is 3. The average Bonchev–Trinajstić information content (AvgIpc) is 2.79. The SMILES string of the molecule is COc1cc(C(=O)Nc2nn(C)cc2C#N)ccc1C. The van der Waals surface area contributed by atoms with Gasteiger partial charge in [-0.15, -0.1) is 0 Å². The van der Waals surface area contributed by atoms with Gasteiger partial charge in [0, 0.05) is 18.8 Å². The van der Waals surface area contributed by atoms with Crippen LogP contribution in [0.4, 0.5) is 5.82 Å². The molecule has 1 amide bonds. The van der Waals surface area contributed by atoms with Gasteiger partial charge in [0.2, 0.25) is 0 Å². The Hall–Kier alpha value is -2.81. The third-order valence-corrected chi connectivity index (χ3v) is 2.85.